The fourth-order valence-electron chi connectivity index (χ4n) is 1.58. The summed E-state index contributed by atoms with van der Waals surface area (Å²) in [5.74, 6) is 1.14. The van der Waals surface area contributed by atoms with Gasteiger partial charge in [-0.1, -0.05) is 6.07 Å². The summed E-state index contributed by atoms with van der Waals surface area (Å²) in [6, 6.07) is 11.9. The maximum absolute atomic E-state index is 11.3. The van der Waals surface area contributed by atoms with Crippen LogP contribution in [0.1, 0.15) is 17.3 Å². The molecule has 0 bridgehead atoms. The average Bonchev–Trinajstić information content (AvgIpc) is 2.48. The summed E-state index contributed by atoms with van der Waals surface area (Å²) in [7, 11) is 1.34. The summed E-state index contributed by atoms with van der Waals surface area (Å²) >= 11 is 0. The summed E-state index contributed by atoms with van der Waals surface area (Å²) in [5.41, 5.74) is 0.468. The molecule has 1 aromatic heterocycles. The number of esters is 1. The highest BCUT2D eigenvalue weighted by Gasteiger charge is 2.06. The fraction of sp³-hybridized carbons (Fsp3) is 0.200. The maximum atomic E-state index is 11.3. The van der Waals surface area contributed by atoms with Crippen molar-refractivity contribution < 1.29 is 19.0 Å². The van der Waals surface area contributed by atoms with Crippen LogP contribution >= 0.6 is 0 Å². The lowest BCUT2D eigenvalue weighted by molar-refractivity contribution is 0.0600. The number of benzene rings is 1. The summed E-state index contributed by atoms with van der Waals surface area (Å²) in [6.07, 6.45) is 0. The molecular weight excluding hydrogens is 258 g/mol. The summed E-state index contributed by atoms with van der Waals surface area (Å²) in [5, 5.41) is 0. The van der Waals surface area contributed by atoms with E-state index in [2.05, 4.69) is 9.72 Å². The van der Waals surface area contributed by atoms with E-state index >= 15 is 0 Å². The van der Waals surface area contributed by atoms with E-state index in [1.807, 2.05) is 6.92 Å². The normalized spacial score (nSPS) is 9.90. The van der Waals surface area contributed by atoms with Crippen LogP contribution in [-0.2, 0) is 4.74 Å². The predicted molar refractivity (Wildman–Crippen MR) is 73.3 cm³/mol. The van der Waals surface area contributed by atoms with Gasteiger partial charge in [-0.2, -0.15) is 4.98 Å². The van der Waals surface area contributed by atoms with Gasteiger partial charge in [0.1, 0.15) is 5.75 Å². The minimum atomic E-state index is -0.381. The Morgan fingerprint density at radius 3 is 2.45 bits per heavy atom. The Balaban J connectivity index is 2.09. The third kappa shape index (κ3) is 3.47. The van der Waals surface area contributed by atoms with Crippen LogP contribution in [0.15, 0.2) is 42.5 Å². The van der Waals surface area contributed by atoms with E-state index in [4.69, 9.17) is 9.47 Å². The number of carbonyl (C=O) groups is 1. The van der Waals surface area contributed by atoms with Gasteiger partial charge < -0.3 is 14.2 Å². The second-order valence-electron chi connectivity index (χ2n) is 3.87. The van der Waals surface area contributed by atoms with Gasteiger partial charge in [0.25, 0.3) is 0 Å². The minimum Gasteiger partial charge on any atom is -0.478 e. The average molecular weight is 273 g/mol. The smallest absolute Gasteiger partial charge is 0.337 e. The molecule has 2 rings (SSSR count). The van der Waals surface area contributed by atoms with Crippen molar-refractivity contribution in [1.29, 1.82) is 0 Å². The summed E-state index contributed by atoms with van der Waals surface area (Å²) in [6.45, 7) is 2.44. The van der Waals surface area contributed by atoms with E-state index in [0.717, 1.165) is 0 Å². The van der Waals surface area contributed by atoms with Crippen LogP contribution in [0.5, 0.6) is 17.5 Å². The lowest BCUT2D eigenvalue weighted by Gasteiger charge is -2.07. The highest BCUT2D eigenvalue weighted by molar-refractivity contribution is 5.89. The molecule has 0 fully saturated rings. The lowest BCUT2D eigenvalue weighted by Crippen LogP contribution is -2.00. The first-order chi connectivity index (χ1) is 9.72. The van der Waals surface area contributed by atoms with Crippen LogP contribution in [-0.4, -0.2) is 24.7 Å². The number of rotatable bonds is 5. The van der Waals surface area contributed by atoms with Crippen molar-refractivity contribution in [3.8, 4) is 17.5 Å². The van der Waals surface area contributed by atoms with E-state index in [-0.39, 0.29) is 5.97 Å². The van der Waals surface area contributed by atoms with Crippen LogP contribution < -0.4 is 9.47 Å². The Morgan fingerprint density at radius 1 is 1.10 bits per heavy atom. The van der Waals surface area contributed by atoms with Crippen molar-refractivity contribution in [3.63, 3.8) is 0 Å². The van der Waals surface area contributed by atoms with Gasteiger partial charge in [-0.3, -0.25) is 0 Å². The zero-order valence-electron chi connectivity index (χ0n) is 11.3. The molecule has 0 atom stereocenters. The molecule has 1 heterocycles. The van der Waals surface area contributed by atoms with Gasteiger partial charge in [0.2, 0.25) is 11.8 Å². The van der Waals surface area contributed by atoms with Crippen molar-refractivity contribution in [3.05, 3.63) is 48.0 Å². The van der Waals surface area contributed by atoms with Gasteiger partial charge in [-0.15, -0.1) is 0 Å². The number of nitrogens with zero attached hydrogens (tertiary/aromatic N) is 1. The molecule has 104 valence electrons. The number of aromatic nitrogens is 1. The fourth-order valence-corrected chi connectivity index (χ4v) is 1.58. The van der Waals surface area contributed by atoms with E-state index in [1.54, 1.807) is 42.5 Å². The van der Waals surface area contributed by atoms with Crippen molar-refractivity contribution in [2.75, 3.05) is 13.7 Å². The van der Waals surface area contributed by atoms with Crippen LogP contribution in [0.3, 0.4) is 0 Å². The lowest BCUT2D eigenvalue weighted by atomic mass is 10.2. The molecule has 1 aromatic carbocycles. The molecule has 0 saturated carbocycles. The molecule has 0 saturated heterocycles. The van der Waals surface area contributed by atoms with E-state index in [0.29, 0.717) is 29.7 Å². The van der Waals surface area contributed by atoms with Crippen LogP contribution in [0.25, 0.3) is 0 Å². The molecule has 0 aliphatic carbocycles. The molecule has 5 heteroatoms. The molecule has 0 radical (unpaired) electrons. The standard InChI is InChI=1S/C15H15NO4/c1-3-19-13-5-4-6-14(16-13)20-12-9-7-11(8-10-12)15(17)18-2/h4-10H,3H2,1-2H3. The number of hydrogen-bond donors (Lipinski definition) is 0. The summed E-state index contributed by atoms with van der Waals surface area (Å²) < 4.78 is 15.5. The first-order valence-electron chi connectivity index (χ1n) is 6.19. The SMILES string of the molecule is CCOc1cccc(Oc2ccc(C(=O)OC)cc2)n1. The number of pyridine rings is 1. The molecule has 20 heavy (non-hydrogen) atoms. The second-order valence-corrected chi connectivity index (χ2v) is 3.87. The van der Waals surface area contributed by atoms with Crippen LogP contribution in [0, 0.1) is 0 Å². The Bertz CT molecular complexity index is 581. The van der Waals surface area contributed by atoms with E-state index in [9.17, 15) is 4.79 Å². The largest absolute Gasteiger partial charge is 0.478 e. The zero-order chi connectivity index (χ0) is 14.4. The zero-order valence-corrected chi connectivity index (χ0v) is 11.3. The van der Waals surface area contributed by atoms with Gasteiger partial charge in [-0.25, -0.2) is 4.79 Å². The quantitative estimate of drug-likeness (QED) is 0.784. The van der Waals surface area contributed by atoms with Gasteiger partial charge >= 0.3 is 5.97 Å². The maximum Gasteiger partial charge on any atom is 0.337 e. The molecule has 0 aliphatic heterocycles. The molecule has 0 spiro atoms. The molecule has 0 aliphatic rings. The predicted octanol–water partition coefficient (Wildman–Crippen LogP) is 3.06. The Kier molecular flexibility index (Phi) is 4.55. The van der Waals surface area contributed by atoms with Crippen molar-refractivity contribution in [1.82, 2.24) is 4.98 Å². The summed E-state index contributed by atoms with van der Waals surface area (Å²) in [4.78, 5) is 15.5. The molecule has 0 N–H and O–H groups in total. The number of hydrogen-bond acceptors (Lipinski definition) is 5. The molecule has 2 aromatic rings. The highest BCUT2D eigenvalue weighted by Crippen LogP contribution is 2.22. The minimum absolute atomic E-state index is 0.381. The first kappa shape index (κ1) is 13.9. The third-order valence-corrected chi connectivity index (χ3v) is 2.49. The van der Waals surface area contributed by atoms with Gasteiger partial charge in [0, 0.05) is 12.1 Å². The topological polar surface area (TPSA) is 57.7 Å². The van der Waals surface area contributed by atoms with Gasteiger partial charge in [0.15, 0.2) is 0 Å². The third-order valence-electron chi connectivity index (χ3n) is 2.49. The number of ether oxygens (including phenoxy) is 3. The number of methoxy groups -OCH3 is 1. The Labute approximate surface area is 117 Å². The number of carbonyl (C=O) groups excluding carboxylic acids is 1. The van der Waals surface area contributed by atoms with Crippen molar-refractivity contribution in [2.45, 2.75) is 6.92 Å². The molecule has 0 amide bonds. The van der Waals surface area contributed by atoms with E-state index in [1.165, 1.54) is 7.11 Å². The highest BCUT2D eigenvalue weighted by atomic mass is 16.5. The van der Waals surface area contributed by atoms with Crippen molar-refractivity contribution >= 4 is 5.97 Å². The van der Waals surface area contributed by atoms with Crippen LogP contribution in [0.2, 0.25) is 0 Å². The molecule has 0 unspecified atom stereocenters. The van der Waals surface area contributed by atoms with Gasteiger partial charge in [-0.05, 0) is 31.2 Å². The Morgan fingerprint density at radius 2 is 1.80 bits per heavy atom. The first-order valence-corrected chi connectivity index (χ1v) is 6.19. The molecule has 5 nitrogen and oxygen atoms in total. The van der Waals surface area contributed by atoms with E-state index < -0.39 is 0 Å². The molecular formula is C15H15NO4. The Hall–Kier alpha value is -2.56. The monoisotopic (exact) mass is 273 g/mol. The van der Waals surface area contributed by atoms with Gasteiger partial charge in [0.05, 0.1) is 19.3 Å². The van der Waals surface area contributed by atoms with Crippen LogP contribution in [0.4, 0.5) is 0 Å². The second kappa shape index (κ2) is 6.56. The van der Waals surface area contributed by atoms with Crippen molar-refractivity contribution in [2.24, 2.45) is 0 Å².